The van der Waals surface area contributed by atoms with Crippen LogP contribution in [0.3, 0.4) is 0 Å². The monoisotopic (exact) mass is 399 g/mol. The van der Waals surface area contributed by atoms with Gasteiger partial charge in [0.1, 0.15) is 16.3 Å². The Morgan fingerprint density at radius 2 is 2.04 bits per heavy atom. The van der Waals surface area contributed by atoms with Crippen LogP contribution in [-0.4, -0.2) is 33.9 Å². The van der Waals surface area contributed by atoms with Crippen LogP contribution in [0.15, 0.2) is 34.4 Å². The number of aryl methyl sites for hydroxylation is 1. The number of likely N-dealkylation sites (N-methyl/N-ethyl adjacent to an activating group) is 1. The van der Waals surface area contributed by atoms with E-state index >= 15 is 0 Å². The molecule has 0 radical (unpaired) electrons. The van der Waals surface area contributed by atoms with Crippen molar-refractivity contribution in [3.8, 4) is 5.75 Å². The molecule has 6 nitrogen and oxygen atoms in total. The Bertz CT molecular complexity index is 1050. The maximum atomic E-state index is 12.7. The molecule has 28 heavy (non-hydrogen) atoms. The highest BCUT2D eigenvalue weighted by Crippen LogP contribution is 2.24. The predicted molar refractivity (Wildman–Crippen MR) is 112 cm³/mol. The summed E-state index contributed by atoms with van der Waals surface area (Å²) in [4.78, 5) is 33.4. The van der Waals surface area contributed by atoms with Crippen molar-refractivity contribution < 1.29 is 9.53 Å². The maximum Gasteiger partial charge on any atom is 0.268 e. The third-order valence-electron chi connectivity index (χ3n) is 4.65. The first-order valence-corrected chi connectivity index (χ1v) is 10.1. The van der Waals surface area contributed by atoms with Crippen LogP contribution in [0.4, 0.5) is 0 Å². The molecule has 2 aromatic heterocycles. The van der Waals surface area contributed by atoms with Crippen LogP contribution in [0.5, 0.6) is 5.75 Å². The molecule has 0 aliphatic heterocycles. The number of aromatic nitrogens is 2. The maximum absolute atomic E-state index is 12.7. The van der Waals surface area contributed by atoms with Gasteiger partial charge in [0.25, 0.3) is 11.5 Å². The third kappa shape index (κ3) is 4.25. The Labute approximate surface area is 168 Å². The molecule has 0 fully saturated rings. The fourth-order valence-corrected chi connectivity index (χ4v) is 3.96. The normalized spacial score (nSPS) is 12.4. The summed E-state index contributed by atoms with van der Waals surface area (Å²) in [5.41, 5.74) is 2.88. The number of H-pyrrole nitrogens is 1. The Hall–Kier alpha value is -2.67. The SMILES string of the molecule is Cc1cc(O[C@H](C)C(=O)N(C)Cc2nc3ccsc3c(=O)[nH]2)ccc1C(C)C. The number of hydrogen-bond donors (Lipinski definition) is 1. The number of carbonyl (C=O) groups is 1. The van der Waals surface area contributed by atoms with Crippen LogP contribution in [0, 0.1) is 6.92 Å². The Morgan fingerprint density at radius 1 is 1.29 bits per heavy atom. The van der Waals surface area contributed by atoms with Crippen molar-refractivity contribution in [1.82, 2.24) is 14.9 Å². The molecule has 0 spiro atoms. The minimum Gasteiger partial charge on any atom is -0.481 e. The van der Waals surface area contributed by atoms with Crippen molar-refractivity contribution in [2.24, 2.45) is 0 Å². The van der Waals surface area contributed by atoms with E-state index in [9.17, 15) is 9.59 Å². The average Bonchev–Trinajstić information content (AvgIpc) is 3.09. The summed E-state index contributed by atoms with van der Waals surface area (Å²) in [6, 6.07) is 7.70. The van der Waals surface area contributed by atoms with Gasteiger partial charge in [0.2, 0.25) is 0 Å². The molecule has 0 bridgehead atoms. The van der Waals surface area contributed by atoms with Gasteiger partial charge in [-0.1, -0.05) is 19.9 Å². The molecule has 0 unspecified atom stereocenters. The predicted octanol–water partition coefficient (Wildman–Crippen LogP) is 3.84. The summed E-state index contributed by atoms with van der Waals surface area (Å²) in [6.07, 6.45) is -0.647. The highest BCUT2D eigenvalue weighted by atomic mass is 32.1. The summed E-state index contributed by atoms with van der Waals surface area (Å²) >= 11 is 1.35. The zero-order valence-electron chi connectivity index (χ0n) is 16.8. The second kappa shape index (κ2) is 8.14. The van der Waals surface area contributed by atoms with Gasteiger partial charge >= 0.3 is 0 Å². The highest BCUT2D eigenvalue weighted by molar-refractivity contribution is 7.17. The van der Waals surface area contributed by atoms with Gasteiger partial charge in [-0.15, -0.1) is 11.3 Å². The number of nitrogens with zero attached hydrogens (tertiary/aromatic N) is 2. The third-order valence-corrected chi connectivity index (χ3v) is 5.55. The van der Waals surface area contributed by atoms with Crippen LogP contribution < -0.4 is 10.3 Å². The van der Waals surface area contributed by atoms with Gasteiger partial charge in [-0.3, -0.25) is 9.59 Å². The molecular weight excluding hydrogens is 374 g/mol. The van der Waals surface area contributed by atoms with Gasteiger partial charge in [0.15, 0.2) is 6.10 Å². The molecule has 0 aliphatic carbocycles. The van der Waals surface area contributed by atoms with E-state index in [0.717, 1.165) is 5.56 Å². The van der Waals surface area contributed by atoms with Crippen molar-refractivity contribution in [2.75, 3.05) is 7.05 Å². The van der Waals surface area contributed by atoms with E-state index < -0.39 is 6.10 Å². The highest BCUT2D eigenvalue weighted by Gasteiger charge is 2.21. The summed E-state index contributed by atoms with van der Waals surface area (Å²) in [5, 5.41) is 1.83. The van der Waals surface area contributed by atoms with E-state index in [0.29, 0.717) is 27.7 Å². The lowest BCUT2D eigenvalue weighted by atomic mass is 9.98. The number of thiophene rings is 1. The average molecular weight is 400 g/mol. The quantitative estimate of drug-likeness (QED) is 0.683. The molecule has 148 valence electrons. The molecular formula is C21H25N3O3S. The number of hydrogen-bond acceptors (Lipinski definition) is 5. The molecule has 1 amide bonds. The Kier molecular flexibility index (Phi) is 5.84. The summed E-state index contributed by atoms with van der Waals surface area (Å²) in [6.45, 7) is 8.27. The van der Waals surface area contributed by atoms with Gasteiger partial charge in [0.05, 0.1) is 12.1 Å². The number of benzene rings is 1. The van der Waals surface area contributed by atoms with Gasteiger partial charge in [-0.05, 0) is 54.5 Å². The fourth-order valence-electron chi connectivity index (χ4n) is 3.23. The molecule has 3 rings (SSSR count). The molecule has 0 saturated carbocycles. The number of nitrogens with one attached hydrogen (secondary N) is 1. The standard InChI is InChI=1S/C21H25N3O3S/c1-12(2)16-7-6-15(10-13(16)3)27-14(4)21(26)24(5)11-18-22-17-8-9-28-19(17)20(25)23-18/h6-10,12,14H,11H2,1-5H3,(H,22,23,25)/t14-/m1/s1. The summed E-state index contributed by atoms with van der Waals surface area (Å²) in [5.74, 6) is 1.38. The number of rotatable bonds is 6. The van der Waals surface area contributed by atoms with E-state index in [-0.39, 0.29) is 18.0 Å². The van der Waals surface area contributed by atoms with Crippen LogP contribution in [0.25, 0.3) is 10.2 Å². The Morgan fingerprint density at radius 3 is 2.71 bits per heavy atom. The van der Waals surface area contributed by atoms with Crippen molar-refractivity contribution in [1.29, 1.82) is 0 Å². The van der Waals surface area contributed by atoms with Gasteiger partial charge in [0, 0.05) is 7.05 Å². The van der Waals surface area contributed by atoms with Crippen molar-refractivity contribution in [3.63, 3.8) is 0 Å². The largest absolute Gasteiger partial charge is 0.481 e. The Balaban J connectivity index is 1.68. The second-order valence-electron chi connectivity index (χ2n) is 7.28. The molecule has 0 aliphatic rings. The minimum atomic E-state index is -0.647. The molecule has 0 saturated heterocycles. The first kappa shape index (κ1) is 20.1. The number of aromatic amines is 1. The number of fused-ring (bicyclic) bond motifs is 1. The zero-order chi connectivity index (χ0) is 20.4. The molecule has 1 aromatic carbocycles. The zero-order valence-corrected chi connectivity index (χ0v) is 17.6. The lowest BCUT2D eigenvalue weighted by Crippen LogP contribution is -2.38. The van der Waals surface area contributed by atoms with Gasteiger partial charge < -0.3 is 14.6 Å². The fraction of sp³-hybridized carbons (Fsp3) is 0.381. The molecule has 1 atom stereocenters. The number of carbonyl (C=O) groups excluding carboxylic acids is 1. The first-order valence-electron chi connectivity index (χ1n) is 9.25. The lowest BCUT2D eigenvalue weighted by molar-refractivity contribution is -0.137. The summed E-state index contributed by atoms with van der Waals surface area (Å²) < 4.78 is 6.44. The molecule has 2 heterocycles. The van der Waals surface area contributed by atoms with Crippen LogP contribution in [0.1, 0.15) is 43.6 Å². The van der Waals surface area contributed by atoms with E-state index in [2.05, 4.69) is 23.8 Å². The van der Waals surface area contributed by atoms with Gasteiger partial charge in [-0.2, -0.15) is 0 Å². The molecule has 3 aromatic rings. The van der Waals surface area contributed by atoms with Crippen molar-refractivity contribution in [2.45, 2.75) is 46.3 Å². The van der Waals surface area contributed by atoms with E-state index in [1.54, 1.807) is 20.0 Å². The van der Waals surface area contributed by atoms with E-state index in [1.165, 1.54) is 21.8 Å². The van der Waals surface area contributed by atoms with E-state index in [4.69, 9.17) is 4.74 Å². The first-order chi connectivity index (χ1) is 13.3. The van der Waals surface area contributed by atoms with Crippen LogP contribution in [0.2, 0.25) is 0 Å². The summed E-state index contributed by atoms with van der Waals surface area (Å²) in [7, 11) is 1.67. The second-order valence-corrected chi connectivity index (χ2v) is 8.19. The van der Waals surface area contributed by atoms with Crippen LogP contribution in [-0.2, 0) is 11.3 Å². The molecule has 1 N–H and O–H groups in total. The van der Waals surface area contributed by atoms with Crippen LogP contribution >= 0.6 is 11.3 Å². The topological polar surface area (TPSA) is 75.3 Å². The van der Waals surface area contributed by atoms with Gasteiger partial charge in [-0.25, -0.2) is 4.98 Å². The van der Waals surface area contributed by atoms with Crippen molar-refractivity contribution in [3.05, 3.63) is 57.0 Å². The van der Waals surface area contributed by atoms with Crippen molar-refractivity contribution >= 4 is 27.5 Å². The smallest absolute Gasteiger partial charge is 0.268 e. The minimum absolute atomic E-state index is 0.180. The lowest BCUT2D eigenvalue weighted by Gasteiger charge is -2.22. The van der Waals surface area contributed by atoms with E-state index in [1.807, 2.05) is 30.5 Å². The number of amides is 1. The molecule has 7 heteroatoms. The number of ether oxygens (including phenoxy) is 1.